The molecule has 2 heterocycles. The van der Waals surface area contributed by atoms with Crippen LogP contribution in [0, 0.1) is 13.8 Å². The van der Waals surface area contributed by atoms with Crippen LogP contribution in [0.25, 0.3) is 17.1 Å². The standard InChI is InChI=1S/C32H33F3N6O2S/c1-21-6-4-7-22(2)28(21)41-23(3)17-19-44-31(41)38-30(42)36-18-5-8-24-9-11-25(12-10-24)29-37-20-40(39-29)26-13-15-27(16-14-26)43-32(33,34)35/h4,6-7,9-16,20,23H,5,8,17-19H2,1-3H3,(H,36,42)/b38-31-. The Balaban J connectivity index is 1.13. The van der Waals surface area contributed by atoms with Gasteiger partial charge in [-0.3, -0.25) is 0 Å². The zero-order valence-electron chi connectivity index (χ0n) is 24.6. The van der Waals surface area contributed by atoms with Gasteiger partial charge in [0.25, 0.3) is 0 Å². The maximum atomic E-state index is 12.7. The number of aryl methyl sites for hydroxylation is 3. The van der Waals surface area contributed by atoms with E-state index in [1.54, 1.807) is 11.8 Å². The first-order valence-electron chi connectivity index (χ1n) is 14.3. The van der Waals surface area contributed by atoms with E-state index in [0.717, 1.165) is 58.1 Å². The van der Waals surface area contributed by atoms with Gasteiger partial charge in [-0.1, -0.05) is 54.2 Å². The summed E-state index contributed by atoms with van der Waals surface area (Å²) < 4.78 is 42.6. The smallest absolute Gasteiger partial charge is 0.406 e. The first-order chi connectivity index (χ1) is 21.1. The van der Waals surface area contributed by atoms with E-state index in [4.69, 9.17) is 0 Å². The van der Waals surface area contributed by atoms with E-state index in [-0.39, 0.29) is 17.8 Å². The highest BCUT2D eigenvalue weighted by atomic mass is 32.2. The number of aliphatic imine (C=N–C) groups is 1. The van der Waals surface area contributed by atoms with Crippen molar-refractivity contribution in [2.24, 2.45) is 4.99 Å². The molecule has 230 valence electrons. The molecule has 1 aromatic heterocycles. The summed E-state index contributed by atoms with van der Waals surface area (Å²) in [6, 6.07) is 19.4. The Labute approximate surface area is 258 Å². The maximum absolute atomic E-state index is 12.7. The Morgan fingerprint density at radius 1 is 1.07 bits per heavy atom. The summed E-state index contributed by atoms with van der Waals surface area (Å²) in [5.41, 5.74) is 5.91. The van der Waals surface area contributed by atoms with Gasteiger partial charge in [0.15, 0.2) is 11.0 Å². The normalized spacial score (nSPS) is 16.3. The summed E-state index contributed by atoms with van der Waals surface area (Å²) in [5, 5.41) is 8.11. The van der Waals surface area contributed by atoms with Crippen molar-refractivity contribution in [2.45, 2.75) is 52.4 Å². The van der Waals surface area contributed by atoms with Gasteiger partial charge in [0.1, 0.15) is 12.1 Å². The summed E-state index contributed by atoms with van der Waals surface area (Å²) in [7, 11) is 0. The molecule has 3 aromatic carbocycles. The van der Waals surface area contributed by atoms with E-state index in [1.165, 1.54) is 35.3 Å². The lowest BCUT2D eigenvalue weighted by atomic mass is 10.1. The van der Waals surface area contributed by atoms with Crippen LogP contribution in [0.5, 0.6) is 5.75 Å². The number of halogens is 3. The minimum Gasteiger partial charge on any atom is -0.406 e. The molecule has 0 aliphatic carbocycles. The summed E-state index contributed by atoms with van der Waals surface area (Å²) >= 11 is 1.61. The van der Waals surface area contributed by atoms with Gasteiger partial charge in [0, 0.05) is 29.6 Å². The van der Waals surface area contributed by atoms with Gasteiger partial charge < -0.3 is 15.0 Å². The number of carbonyl (C=O) groups excluding carboxylic acids is 1. The van der Waals surface area contributed by atoms with Gasteiger partial charge >= 0.3 is 12.4 Å². The highest BCUT2D eigenvalue weighted by Crippen LogP contribution is 2.34. The van der Waals surface area contributed by atoms with Crippen LogP contribution in [0.4, 0.5) is 23.7 Å². The Bertz CT molecular complexity index is 1600. The molecule has 0 radical (unpaired) electrons. The number of alkyl halides is 3. The number of nitrogens with one attached hydrogen (secondary N) is 1. The number of carbonyl (C=O) groups is 1. The number of benzene rings is 3. The zero-order chi connectivity index (χ0) is 31.3. The lowest BCUT2D eigenvalue weighted by Gasteiger charge is -2.37. The number of urea groups is 1. The Kier molecular flexibility index (Phi) is 9.58. The molecule has 0 bridgehead atoms. The number of thioether (sulfide) groups is 1. The zero-order valence-corrected chi connectivity index (χ0v) is 25.5. The molecule has 8 nitrogen and oxygen atoms in total. The van der Waals surface area contributed by atoms with Gasteiger partial charge in [-0.25, -0.2) is 14.5 Å². The first kappa shape index (κ1) is 31.1. The molecule has 1 atom stereocenters. The lowest BCUT2D eigenvalue weighted by molar-refractivity contribution is -0.274. The van der Waals surface area contributed by atoms with E-state index in [0.29, 0.717) is 18.1 Å². The molecule has 1 N–H and O–H groups in total. The fourth-order valence-electron chi connectivity index (χ4n) is 5.05. The molecule has 1 aliphatic heterocycles. The largest absolute Gasteiger partial charge is 0.573 e. The van der Waals surface area contributed by atoms with Crippen LogP contribution in [0.3, 0.4) is 0 Å². The van der Waals surface area contributed by atoms with Crippen molar-refractivity contribution in [3.63, 3.8) is 0 Å². The Morgan fingerprint density at radius 3 is 2.45 bits per heavy atom. The van der Waals surface area contributed by atoms with Crippen molar-refractivity contribution in [1.29, 1.82) is 0 Å². The van der Waals surface area contributed by atoms with Crippen LogP contribution in [-0.4, -0.2) is 50.7 Å². The first-order valence-corrected chi connectivity index (χ1v) is 15.3. The van der Waals surface area contributed by atoms with Crippen molar-refractivity contribution in [3.05, 3.63) is 89.7 Å². The molecular weight excluding hydrogens is 589 g/mol. The summed E-state index contributed by atoms with van der Waals surface area (Å²) in [5.74, 6) is 1.11. The quantitative estimate of drug-likeness (QED) is 0.205. The molecule has 0 saturated carbocycles. The van der Waals surface area contributed by atoms with Crippen molar-refractivity contribution < 1.29 is 22.7 Å². The van der Waals surface area contributed by atoms with Gasteiger partial charge in [-0.2, -0.15) is 4.99 Å². The molecule has 4 aromatic rings. The van der Waals surface area contributed by atoms with Crippen LogP contribution in [-0.2, 0) is 6.42 Å². The van der Waals surface area contributed by atoms with E-state index < -0.39 is 6.36 Å². The lowest BCUT2D eigenvalue weighted by Crippen LogP contribution is -2.43. The van der Waals surface area contributed by atoms with E-state index in [2.05, 4.69) is 62.9 Å². The minimum atomic E-state index is -4.74. The number of para-hydroxylation sites is 1. The summed E-state index contributed by atoms with van der Waals surface area (Å²) in [6.45, 7) is 6.85. The number of amidine groups is 1. The third kappa shape index (κ3) is 7.79. The van der Waals surface area contributed by atoms with Crippen molar-refractivity contribution >= 4 is 28.6 Å². The van der Waals surface area contributed by atoms with Crippen LogP contribution in [0.2, 0.25) is 0 Å². The van der Waals surface area contributed by atoms with Crippen molar-refractivity contribution in [2.75, 3.05) is 17.2 Å². The Hall–Kier alpha value is -4.32. The summed E-state index contributed by atoms with van der Waals surface area (Å²) in [6.07, 6.45) is -0.698. The van der Waals surface area contributed by atoms with Crippen LogP contribution in [0.1, 0.15) is 36.5 Å². The SMILES string of the molecule is Cc1cccc(C)c1N1/C(=N/C(=O)NCCCc2ccc(-c3ncn(-c4ccc(OC(F)(F)F)cc4)n3)cc2)SCCC1C. The van der Waals surface area contributed by atoms with Gasteiger partial charge in [-0.05, 0) is 81.0 Å². The van der Waals surface area contributed by atoms with Crippen LogP contribution >= 0.6 is 11.8 Å². The molecular formula is C32H33F3N6O2S. The minimum absolute atomic E-state index is 0.253. The predicted octanol–water partition coefficient (Wildman–Crippen LogP) is 7.48. The second-order valence-corrected chi connectivity index (χ2v) is 11.6. The Morgan fingerprint density at radius 2 is 1.77 bits per heavy atom. The third-order valence-corrected chi connectivity index (χ3v) is 8.23. The summed E-state index contributed by atoms with van der Waals surface area (Å²) in [4.78, 5) is 23.7. The third-order valence-electron chi connectivity index (χ3n) is 7.25. The molecule has 2 amide bonds. The van der Waals surface area contributed by atoms with Gasteiger partial charge in [0.05, 0.1) is 5.69 Å². The van der Waals surface area contributed by atoms with Gasteiger partial charge in [0.2, 0.25) is 0 Å². The van der Waals surface area contributed by atoms with Crippen molar-refractivity contribution in [3.8, 4) is 22.8 Å². The molecule has 5 rings (SSSR count). The highest BCUT2D eigenvalue weighted by Gasteiger charge is 2.31. The van der Waals surface area contributed by atoms with E-state index in [9.17, 15) is 18.0 Å². The number of anilines is 1. The number of nitrogens with zero attached hydrogens (tertiary/aromatic N) is 5. The fourth-order valence-corrected chi connectivity index (χ4v) is 6.25. The fraction of sp³-hybridized carbons (Fsp3) is 0.312. The molecule has 0 spiro atoms. The molecule has 1 aliphatic rings. The molecule has 1 unspecified atom stereocenters. The van der Waals surface area contributed by atoms with Crippen LogP contribution in [0.15, 0.2) is 78.0 Å². The van der Waals surface area contributed by atoms with Gasteiger partial charge in [-0.15, -0.1) is 18.3 Å². The topological polar surface area (TPSA) is 84.6 Å². The monoisotopic (exact) mass is 622 g/mol. The number of hydrogen-bond donors (Lipinski definition) is 1. The number of hydrogen-bond acceptors (Lipinski definition) is 5. The second kappa shape index (κ2) is 13.5. The number of amides is 2. The number of rotatable bonds is 8. The molecule has 1 fully saturated rings. The number of ether oxygens (including phenoxy) is 1. The maximum Gasteiger partial charge on any atom is 0.573 e. The molecule has 1 saturated heterocycles. The van der Waals surface area contributed by atoms with E-state index in [1.807, 2.05) is 30.3 Å². The average Bonchev–Trinajstić information content (AvgIpc) is 3.47. The van der Waals surface area contributed by atoms with E-state index >= 15 is 0 Å². The predicted molar refractivity (Wildman–Crippen MR) is 168 cm³/mol. The number of aromatic nitrogens is 3. The average molecular weight is 623 g/mol. The molecule has 44 heavy (non-hydrogen) atoms. The molecule has 12 heteroatoms. The second-order valence-electron chi connectivity index (χ2n) is 10.6. The van der Waals surface area contributed by atoms with Crippen LogP contribution < -0.4 is 15.0 Å². The van der Waals surface area contributed by atoms with Crippen molar-refractivity contribution in [1.82, 2.24) is 20.1 Å². The highest BCUT2D eigenvalue weighted by molar-refractivity contribution is 8.14.